The zero-order valence-electron chi connectivity index (χ0n) is 10.5. The van der Waals surface area contributed by atoms with Gasteiger partial charge in [0.1, 0.15) is 6.61 Å². The van der Waals surface area contributed by atoms with E-state index in [2.05, 4.69) is 9.99 Å². The Balaban J connectivity index is 3.00. The summed E-state index contributed by atoms with van der Waals surface area (Å²) < 4.78 is 65.0. The number of hydrogen-bond donors (Lipinski definition) is 0. The monoisotopic (exact) mass is 281 g/mol. The van der Waals surface area contributed by atoms with Crippen molar-refractivity contribution in [1.82, 2.24) is 0 Å². The maximum atomic E-state index is 13.2. The van der Waals surface area contributed by atoms with Crippen LogP contribution in [0, 0.1) is 35.0 Å². The lowest BCUT2D eigenvalue weighted by molar-refractivity contribution is 0.121. The number of benzene rings is 1. The molecule has 0 spiro atoms. The molecule has 1 rings (SSSR count). The highest BCUT2D eigenvalue weighted by molar-refractivity contribution is 5.83. The molecule has 19 heavy (non-hydrogen) atoms. The minimum atomic E-state index is -2.19. The second-order valence-electron chi connectivity index (χ2n) is 4.21. The zero-order valence-corrected chi connectivity index (χ0v) is 10.5. The van der Waals surface area contributed by atoms with Crippen molar-refractivity contribution in [3.8, 4) is 0 Å². The summed E-state index contributed by atoms with van der Waals surface area (Å²) in [6.07, 6.45) is 0. The molecule has 0 radical (unpaired) electrons. The molecular weight excluding hydrogens is 269 g/mol. The highest BCUT2D eigenvalue weighted by Gasteiger charge is 2.25. The van der Waals surface area contributed by atoms with E-state index in [1.807, 2.05) is 0 Å². The maximum Gasteiger partial charge on any atom is 0.200 e. The van der Waals surface area contributed by atoms with Gasteiger partial charge in [0.25, 0.3) is 0 Å². The molecule has 0 aliphatic heterocycles. The van der Waals surface area contributed by atoms with E-state index in [0.29, 0.717) is 5.71 Å². The largest absolute Gasteiger partial charge is 0.391 e. The second kappa shape index (κ2) is 5.99. The molecule has 0 heterocycles. The average Bonchev–Trinajstić information content (AvgIpc) is 2.37. The van der Waals surface area contributed by atoms with Crippen LogP contribution in [0.4, 0.5) is 22.0 Å². The van der Waals surface area contributed by atoms with Crippen LogP contribution in [-0.2, 0) is 11.4 Å². The minimum Gasteiger partial charge on any atom is -0.391 e. The SMILES string of the molecule is C/C(=N\OCc1c(F)c(F)c(F)c(F)c1F)C(C)C. The van der Waals surface area contributed by atoms with Gasteiger partial charge in [-0.05, 0) is 12.8 Å². The van der Waals surface area contributed by atoms with Gasteiger partial charge >= 0.3 is 0 Å². The third-order valence-electron chi connectivity index (χ3n) is 2.55. The van der Waals surface area contributed by atoms with Crippen molar-refractivity contribution < 1.29 is 26.8 Å². The quantitative estimate of drug-likeness (QED) is 0.269. The van der Waals surface area contributed by atoms with E-state index in [9.17, 15) is 22.0 Å². The van der Waals surface area contributed by atoms with Gasteiger partial charge in [0, 0.05) is 0 Å². The molecule has 0 saturated heterocycles. The molecule has 0 atom stereocenters. The van der Waals surface area contributed by atoms with E-state index >= 15 is 0 Å². The summed E-state index contributed by atoms with van der Waals surface area (Å²) in [5.41, 5.74) is -0.513. The van der Waals surface area contributed by atoms with E-state index in [4.69, 9.17) is 0 Å². The van der Waals surface area contributed by atoms with E-state index in [0.717, 1.165) is 0 Å². The summed E-state index contributed by atoms with van der Waals surface area (Å²) in [4.78, 5) is 4.61. The van der Waals surface area contributed by atoms with Gasteiger partial charge < -0.3 is 4.84 Å². The average molecular weight is 281 g/mol. The van der Waals surface area contributed by atoms with Crippen LogP contribution in [0.3, 0.4) is 0 Å². The van der Waals surface area contributed by atoms with Gasteiger partial charge in [-0.15, -0.1) is 0 Å². The minimum absolute atomic E-state index is 0.0383. The Hall–Kier alpha value is -1.66. The lowest BCUT2D eigenvalue weighted by Crippen LogP contribution is -2.08. The van der Waals surface area contributed by atoms with E-state index in [1.54, 1.807) is 20.8 Å². The van der Waals surface area contributed by atoms with Crippen molar-refractivity contribution in [3.05, 3.63) is 34.6 Å². The summed E-state index contributed by atoms with van der Waals surface area (Å²) in [5.74, 6) is -9.97. The molecule has 1 aromatic rings. The van der Waals surface area contributed by atoms with Crippen LogP contribution in [0.2, 0.25) is 0 Å². The van der Waals surface area contributed by atoms with Gasteiger partial charge in [-0.3, -0.25) is 0 Å². The lowest BCUT2D eigenvalue weighted by atomic mass is 10.1. The van der Waals surface area contributed by atoms with E-state index in [1.165, 1.54) is 0 Å². The van der Waals surface area contributed by atoms with Gasteiger partial charge in [0.15, 0.2) is 23.3 Å². The molecule has 0 aliphatic rings. The number of nitrogens with zero attached hydrogens (tertiary/aromatic N) is 1. The summed E-state index contributed by atoms with van der Waals surface area (Å²) in [6, 6.07) is 0. The van der Waals surface area contributed by atoms with E-state index in [-0.39, 0.29) is 5.92 Å². The Kier molecular flexibility index (Phi) is 4.85. The van der Waals surface area contributed by atoms with Gasteiger partial charge in [-0.1, -0.05) is 19.0 Å². The van der Waals surface area contributed by atoms with Crippen LogP contribution >= 0.6 is 0 Å². The Labute approximate surface area is 106 Å². The fourth-order valence-electron chi connectivity index (χ4n) is 1.08. The molecule has 0 saturated carbocycles. The van der Waals surface area contributed by atoms with Crippen molar-refractivity contribution in [2.45, 2.75) is 27.4 Å². The lowest BCUT2D eigenvalue weighted by Gasteiger charge is -2.08. The fourth-order valence-corrected chi connectivity index (χ4v) is 1.08. The predicted octanol–water partition coefficient (Wildman–Crippen LogP) is 3.93. The molecule has 0 aliphatic carbocycles. The molecular formula is C12H12F5NO. The smallest absolute Gasteiger partial charge is 0.200 e. The van der Waals surface area contributed by atoms with E-state index < -0.39 is 41.3 Å². The van der Waals surface area contributed by atoms with Crippen LogP contribution in [0.25, 0.3) is 0 Å². The Bertz CT molecular complexity index is 484. The number of rotatable bonds is 4. The van der Waals surface area contributed by atoms with Crippen molar-refractivity contribution >= 4 is 5.71 Å². The molecule has 0 aromatic heterocycles. The molecule has 0 N–H and O–H groups in total. The summed E-state index contributed by atoms with van der Waals surface area (Å²) in [5, 5.41) is 3.53. The summed E-state index contributed by atoms with van der Waals surface area (Å²) in [6.45, 7) is 4.39. The topological polar surface area (TPSA) is 21.6 Å². The van der Waals surface area contributed by atoms with Crippen LogP contribution in [0.1, 0.15) is 26.3 Å². The van der Waals surface area contributed by atoms with Gasteiger partial charge in [0.05, 0.1) is 11.3 Å². The highest BCUT2D eigenvalue weighted by Crippen LogP contribution is 2.23. The maximum absolute atomic E-state index is 13.2. The van der Waals surface area contributed by atoms with Crippen molar-refractivity contribution in [3.63, 3.8) is 0 Å². The number of oxime groups is 1. The first-order chi connectivity index (χ1) is 8.77. The summed E-state index contributed by atoms with van der Waals surface area (Å²) in [7, 11) is 0. The standard InChI is InChI=1S/C12H12F5NO/c1-5(2)6(3)18-19-4-7-8(13)10(15)12(17)11(16)9(7)14/h5H,4H2,1-3H3/b18-6+. The summed E-state index contributed by atoms with van der Waals surface area (Å²) >= 11 is 0. The van der Waals surface area contributed by atoms with Crippen LogP contribution in [0.15, 0.2) is 5.16 Å². The van der Waals surface area contributed by atoms with Gasteiger partial charge in [-0.25, -0.2) is 22.0 Å². The Morgan fingerprint density at radius 2 is 1.37 bits per heavy atom. The van der Waals surface area contributed by atoms with Gasteiger partial charge in [0.2, 0.25) is 5.82 Å². The number of halogens is 5. The Morgan fingerprint density at radius 3 is 1.79 bits per heavy atom. The third kappa shape index (κ3) is 3.21. The normalized spacial score (nSPS) is 12.2. The van der Waals surface area contributed by atoms with Crippen molar-refractivity contribution in [2.24, 2.45) is 11.1 Å². The first-order valence-electron chi connectivity index (χ1n) is 5.44. The highest BCUT2D eigenvalue weighted by atomic mass is 19.2. The second-order valence-corrected chi connectivity index (χ2v) is 4.21. The first kappa shape index (κ1) is 15.4. The molecule has 106 valence electrons. The molecule has 1 aromatic carbocycles. The third-order valence-corrected chi connectivity index (χ3v) is 2.55. The molecule has 0 unspecified atom stereocenters. The zero-order chi connectivity index (χ0) is 14.7. The molecule has 0 amide bonds. The van der Waals surface area contributed by atoms with Crippen LogP contribution in [0.5, 0.6) is 0 Å². The predicted molar refractivity (Wildman–Crippen MR) is 59.0 cm³/mol. The molecule has 7 heteroatoms. The molecule has 2 nitrogen and oxygen atoms in total. The molecule has 0 bridgehead atoms. The van der Waals surface area contributed by atoms with Crippen LogP contribution < -0.4 is 0 Å². The fraction of sp³-hybridized carbons (Fsp3) is 0.417. The van der Waals surface area contributed by atoms with Crippen molar-refractivity contribution in [2.75, 3.05) is 0 Å². The Morgan fingerprint density at radius 1 is 0.947 bits per heavy atom. The van der Waals surface area contributed by atoms with Gasteiger partial charge in [-0.2, -0.15) is 0 Å². The first-order valence-corrected chi connectivity index (χ1v) is 5.44. The van der Waals surface area contributed by atoms with Crippen LogP contribution in [-0.4, -0.2) is 5.71 Å². The molecule has 0 fully saturated rings. The number of hydrogen-bond acceptors (Lipinski definition) is 2. The van der Waals surface area contributed by atoms with Crippen molar-refractivity contribution in [1.29, 1.82) is 0 Å².